The molecule has 0 aromatic heterocycles. The summed E-state index contributed by atoms with van der Waals surface area (Å²) < 4.78 is 13.9. The van der Waals surface area contributed by atoms with E-state index in [1.807, 2.05) is 20.8 Å². The van der Waals surface area contributed by atoms with E-state index >= 15 is 0 Å². The molecule has 6 heteroatoms. The summed E-state index contributed by atoms with van der Waals surface area (Å²) in [6, 6.07) is 4.21. The van der Waals surface area contributed by atoms with Crippen molar-refractivity contribution in [3.63, 3.8) is 0 Å². The van der Waals surface area contributed by atoms with E-state index in [2.05, 4.69) is 0 Å². The molecule has 0 N–H and O–H groups in total. The smallest absolute Gasteiger partial charge is 0.258 e. The molecular formula is C17H22ClFN2O2. The van der Waals surface area contributed by atoms with Gasteiger partial charge in [0.05, 0.1) is 10.6 Å². The molecule has 0 spiro atoms. The monoisotopic (exact) mass is 340 g/mol. The Hall–Kier alpha value is -1.62. The first kappa shape index (κ1) is 17.7. The van der Waals surface area contributed by atoms with Crippen LogP contribution in [0.15, 0.2) is 18.2 Å². The Morgan fingerprint density at radius 3 is 2.30 bits per heavy atom. The van der Waals surface area contributed by atoms with Crippen molar-refractivity contribution in [1.29, 1.82) is 0 Å². The molecule has 0 unspecified atom stereocenters. The second kappa shape index (κ2) is 6.87. The van der Waals surface area contributed by atoms with Crippen LogP contribution in [0.5, 0.6) is 0 Å². The molecule has 1 aliphatic rings. The second-order valence-electron chi connectivity index (χ2n) is 6.78. The van der Waals surface area contributed by atoms with E-state index in [0.717, 1.165) is 0 Å². The summed E-state index contributed by atoms with van der Waals surface area (Å²) in [7, 11) is 0. The number of benzene rings is 1. The number of amides is 2. The number of carbonyl (C=O) groups excluding carboxylic acids is 2. The van der Waals surface area contributed by atoms with Crippen molar-refractivity contribution < 1.29 is 14.0 Å². The first-order valence-corrected chi connectivity index (χ1v) is 8.12. The van der Waals surface area contributed by atoms with Crippen molar-refractivity contribution in [3.8, 4) is 0 Å². The van der Waals surface area contributed by atoms with Crippen LogP contribution in [0.2, 0.25) is 5.02 Å². The SMILES string of the molecule is CC(C)(C)C(=O)N1CCCN(C(=O)c2c(F)cccc2Cl)CC1. The zero-order valence-electron chi connectivity index (χ0n) is 13.7. The molecule has 0 radical (unpaired) electrons. The Balaban J connectivity index is 2.12. The van der Waals surface area contributed by atoms with E-state index in [0.29, 0.717) is 32.6 Å². The van der Waals surface area contributed by atoms with Crippen LogP contribution in [0.1, 0.15) is 37.6 Å². The molecule has 0 bridgehead atoms. The zero-order chi connectivity index (χ0) is 17.2. The van der Waals surface area contributed by atoms with Gasteiger partial charge in [-0.2, -0.15) is 0 Å². The minimum Gasteiger partial charge on any atom is -0.340 e. The molecule has 0 atom stereocenters. The number of rotatable bonds is 1. The Morgan fingerprint density at radius 1 is 1.09 bits per heavy atom. The van der Waals surface area contributed by atoms with Gasteiger partial charge in [0, 0.05) is 31.6 Å². The maximum Gasteiger partial charge on any atom is 0.258 e. The minimum absolute atomic E-state index is 0.0655. The highest BCUT2D eigenvalue weighted by molar-refractivity contribution is 6.33. The van der Waals surface area contributed by atoms with E-state index in [1.165, 1.54) is 18.2 Å². The van der Waals surface area contributed by atoms with Gasteiger partial charge < -0.3 is 9.80 Å². The van der Waals surface area contributed by atoms with Crippen LogP contribution in [0, 0.1) is 11.2 Å². The van der Waals surface area contributed by atoms with Crippen molar-refractivity contribution in [2.24, 2.45) is 5.41 Å². The number of hydrogen-bond donors (Lipinski definition) is 0. The van der Waals surface area contributed by atoms with E-state index in [1.54, 1.807) is 9.80 Å². The summed E-state index contributed by atoms with van der Waals surface area (Å²) in [5.74, 6) is -0.969. The summed E-state index contributed by atoms with van der Waals surface area (Å²) in [5.41, 5.74) is -0.543. The lowest BCUT2D eigenvalue weighted by molar-refractivity contribution is -0.139. The summed E-state index contributed by atoms with van der Waals surface area (Å²) in [6.45, 7) is 7.55. The molecule has 1 aromatic carbocycles. The maximum atomic E-state index is 13.9. The van der Waals surface area contributed by atoms with Crippen molar-refractivity contribution in [1.82, 2.24) is 9.80 Å². The van der Waals surface area contributed by atoms with Gasteiger partial charge in [0.1, 0.15) is 5.82 Å². The lowest BCUT2D eigenvalue weighted by atomic mass is 9.94. The molecule has 1 aromatic rings. The number of halogens is 2. The molecule has 2 amide bonds. The Morgan fingerprint density at radius 2 is 1.70 bits per heavy atom. The normalized spacial score (nSPS) is 16.2. The van der Waals surface area contributed by atoms with Crippen LogP contribution in [0.25, 0.3) is 0 Å². The topological polar surface area (TPSA) is 40.6 Å². The van der Waals surface area contributed by atoms with Crippen LogP contribution in [0.4, 0.5) is 4.39 Å². The molecule has 4 nitrogen and oxygen atoms in total. The van der Waals surface area contributed by atoms with Gasteiger partial charge in [0.2, 0.25) is 5.91 Å². The van der Waals surface area contributed by atoms with E-state index in [4.69, 9.17) is 11.6 Å². The minimum atomic E-state index is -0.616. The third kappa shape index (κ3) is 4.02. The summed E-state index contributed by atoms with van der Waals surface area (Å²) >= 11 is 5.97. The van der Waals surface area contributed by atoms with Crippen LogP contribution in [-0.2, 0) is 4.79 Å². The highest BCUT2D eigenvalue weighted by Crippen LogP contribution is 2.23. The summed E-state index contributed by atoms with van der Waals surface area (Å²) in [4.78, 5) is 28.3. The fourth-order valence-electron chi connectivity index (χ4n) is 2.66. The maximum absolute atomic E-state index is 13.9. The standard InChI is InChI=1S/C17H22ClFN2O2/c1-17(2,3)16(23)21-9-5-8-20(10-11-21)15(22)14-12(18)6-4-7-13(14)19/h4,6-7H,5,8-11H2,1-3H3. The van der Waals surface area contributed by atoms with Crippen molar-refractivity contribution in [2.75, 3.05) is 26.2 Å². The first-order valence-electron chi connectivity index (χ1n) is 7.74. The molecule has 2 rings (SSSR count). The summed E-state index contributed by atoms with van der Waals surface area (Å²) in [5, 5.41) is 0.113. The van der Waals surface area contributed by atoms with Crippen molar-refractivity contribution in [2.45, 2.75) is 27.2 Å². The average molecular weight is 341 g/mol. The van der Waals surface area contributed by atoms with Gasteiger partial charge in [-0.05, 0) is 18.6 Å². The third-order valence-electron chi connectivity index (χ3n) is 3.89. The molecule has 1 fully saturated rings. The quantitative estimate of drug-likeness (QED) is 0.787. The van der Waals surface area contributed by atoms with E-state index in [9.17, 15) is 14.0 Å². The fraction of sp³-hybridized carbons (Fsp3) is 0.529. The summed E-state index contributed by atoms with van der Waals surface area (Å²) in [6.07, 6.45) is 0.666. The van der Waals surface area contributed by atoms with Gasteiger partial charge in [0.15, 0.2) is 0 Å². The molecule has 0 aliphatic carbocycles. The van der Waals surface area contributed by atoms with Gasteiger partial charge in [-0.1, -0.05) is 38.4 Å². The highest BCUT2D eigenvalue weighted by Gasteiger charge is 2.30. The number of hydrogen-bond acceptors (Lipinski definition) is 2. The third-order valence-corrected chi connectivity index (χ3v) is 4.20. The van der Waals surface area contributed by atoms with Crippen molar-refractivity contribution >= 4 is 23.4 Å². The molecule has 1 heterocycles. The number of carbonyl (C=O) groups is 2. The van der Waals surface area contributed by atoms with Crippen LogP contribution in [0.3, 0.4) is 0 Å². The van der Waals surface area contributed by atoms with Crippen LogP contribution < -0.4 is 0 Å². The van der Waals surface area contributed by atoms with Gasteiger partial charge in [-0.25, -0.2) is 4.39 Å². The molecule has 1 aliphatic heterocycles. The largest absolute Gasteiger partial charge is 0.340 e. The van der Waals surface area contributed by atoms with Crippen LogP contribution >= 0.6 is 11.6 Å². The van der Waals surface area contributed by atoms with Crippen LogP contribution in [-0.4, -0.2) is 47.8 Å². The van der Waals surface area contributed by atoms with Gasteiger partial charge in [-0.15, -0.1) is 0 Å². The number of nitrogens with zero attached hydrogens (tertiary/aromatic N) is 2. The van der Waals surface area contributed by atoms with Gasteiger partial charge in [-0.3, -0.25) is 9.59 Å². The molecule has 23 heavy (non-hydrogen) atoms. The lowest BCUT2D eigenvalue weighted by Crippen LogP contribution is -2.42. The predicted octanol–water partition coefficient (Wildman–Crippen LogP) is 3.20. The van der Waals surface area contributed by atoms with E-state index in [-0.39, 0.29) is 16.5 Å². The Kier molecular flexibility index (Phi) is 5.30. The first-order chi connectivity index (χ1) is 10.7. The lowest BCUT2D eigenvalue weighted by Gasteiger charge is -2.28. The predicted molar refractivity (Wildman–Crippen MR) is 88.0 cm³/mol. The zero-order valence-corrected chi connectivity index (χ0v) is 14.5. The molecule has 126 valence electrons. The molecule has 0 saturated carbocycles. The Bertz CT molecular complexity index is 593. The second-order valence-corrected chi connectivity index (χ2v) is 7.19. The van der Waals surface area contributed by atoms with Gasteiger partial charge >= 0.3 is 0 Å². The van der Waals surface area contributed by atoms with Gasteiger partial charge in [0.25, 0.3) is 5.91 Å². The average Bonchev–Trinajstić information content (AvgIpc) is 2.71. The molecule has 1 saturated heterocycles. The fourth-order valence-corrected chi connectivity index (χ4v) is 2.90. The highest BCUT2D eigenvalue weighted by atomic mass is 35.5. The molecular weight excluding hydrogens is 319 g/mol. The Labute approximate surface area is 141 Å². The van der Waals surface area contributed by atoms with Crippen molar-refractivity contribution in [3.05, 3.63) is 34.6 Å². The van der Waals surface area contributed by atoms with E-state index < -0.39 is 17.1 Å².